The Kier molecular flexibility index (Phi) is 4.88. The number of imide groups is 1. The SMILES string of the molecule is CN1CCCC1c1ccc(N/C=C2/C(=O)NC(=O)c3ccc(-n4cccc4)cc32)nc1. The molecule has 4 heterocycles. The Morgan fingerprint density at radius 2 is 1.94 bits per heavy atom. The first-order valence-electron chi connectivity index (χ1n) is 10.4. The molecule has 31 heavy (non-hydrogen) atoms. The van der Waals surface area contributed by atoms with Gasteiger partial charge in [0, 0.05) is 47.6 Å². The lowest BCUT2D eigenvalue weighted by atomic mass is 9.95. The molecule has 7 heteroatoms. The standard InChI is InChI=1S/C24H23N5O2/c1-28-10-4-5-21(28)16-6-9-22(25-14-16)26-15-20-19-13-17(29-11-2-3-12-29)7-8-18(19)23(30)27-24(20)31/h2-3,6-9,11-15,21H,4-5,10H2,1H3,(H,25,26)(H,27,30,31)/b20-15+. The zero-order chi connectivity index (χ0) is 21.4. The molecule has 3 aromatic rings. The van der Waals surface area contributed by atoms with Gasteiger partial charge in [-0.05, 0) is 68.4 Å². The molecule has 1 aromatic carbocycles. The number of hydrogen-bond donors (Lipinski definition) is 2. The lowest BCUT2D eigenvalue weighted by Crippen LogP contribution is -2.36. The minimum absolute atomic E-state index is 0.389. The smallest absolute Gasteiger partial charge is 0.260 e. The summed E-state index contributed by atoms with van der Waals surface area (Å²) in [6.07, 6.45) is 9.68. The Morgan fingerprint density at radius 3 is 2.65 bits per heavy atom. The Balaban J connectivity index is 1.43. The molecule has 2 aliphatic heterocycles. The fraction of sp³-hybridized carbons (Fsp3) is 0.208. The van der Waals surface area contributed by atoms with Gasteiger partial charge in [-0.25, -0.2) is 4.98 Å². The summed E-state index contributed by atoms with van der Waals surface area (Å²) in [6.45, 7) is 1.11. The molecule has 1 atom stereocenters. The van der Waals surface area contributed by atoms with Crippen LogP contribution in [0.1, 0.15) is 40.4 Å². The molecule has 0 spiro atoms. The number of carbonyl (C=O) groups is 2. The highest BCUT2D eigenvalue weighted by atomic mass is 16.2. The van der Waals surface area contributed by atoms with Gasteiger partial charge < -0.3 is 9.88 Å². The average Bonchev–Trinajstić information content (AvgIpc) is 3.46. The van der Waals surface area contributed by atoms with Crippen LogP contribution >= 0.6 is 0 Å². The molecule has 0 aliphatic carbocycles. The van der Waals surface area contributed by atoms with Crippen LogP contribution in [0.4, 0.5) is 5.82 Å². The minimum Gasteiger partial charge on any atom is -0.346 e. The van der Waals surface area contributed by atoms with Crippen molar-refractivity contribution in [1.29, 1.82) is 0 Å². The highest BCUT2D eigenvalue weighted by Gasteiger charge is 2.28. The summed E-state index contributed by atoms with van der Waals surface area (Å²) in [7, 11) is 2.14. The van der Waals surface area contributed by atoms with Gasteiger partial charge in [-0.1, -0.05) is 6.07 Å². The van der Waals surface area contributed by atoms with Crippen LogP contribution in [0.5, 0.6) is 0 Å². The van der Waals surface area contributed by atoms with Crippen LogP contribution in [0.15, 0.2) is 67.3 Å². The van der Waals surface area contributed by atoms with Crippen molar-refractivity contribution in [2.45, 2.75) is 18.9 Å². The van der Waals surface area contributed by atoms with E-state index in [1.807, 2.05) is 53.5 Å². The maximum atomic E-state index is 12.6. The van der Waals surface area contributed by atoms with E-state index in [9.17, 15) is 9.59 Å². The zero-order valence-electron chi connectivity index (χ0n) is 17.2. The van der Waals surface area contributed by atoms with Crippen molar-refractivity contribution in [3.05, 3.63) is 83.9 Å². The van der Waals surface area contributed by atoms with Crippen molar-refractivity contribution < 1.29 is 9.59 Å². The van der Waals surface area contributed by atoms with Gasteiger partial charge in [0.15, 0.2) is 0 Å². The molecule has 5 rings (SSSR count). The minimum atomic E-state index is -0.432. The predicted molar refractivity (Wildman–Crippen MR) is 119 cm³/mol. The average molecular weight is 413 g/mol. The molecule has 0 saturated carbocycles. The van der Waals surface area contributed by atoms with E-state index in [2.05, 4.69) is 33.6 Å². The van der Waals surface area contributed by atoms with Gasteiger partial charge in [0.25, 0.3) is 11.8 Å². The monoisotopic (exact) mass is 413 g/mol. The predicted octanol–water partition coefficient (Wildman–Crippen LogP) is 3.36. The maximum absolute atomic E-state index is 12.6. The van der Waals surface area contributed by atoms with Gasteiger partial charge in [-0.2, -0.15) is 0 Å². The van der Waals surface area contributed by atoms with Crippen molar-refractivity contribution in [2.75, 3.05) is 18.9 Å². The summed E-state index contributed by atoms with van der Waals surface area (Å²) < 4.78 is 1.93. The molecule has 1 saturated heterocycles. The summed E-state index contributed by atoms with van der Waals surface area (Å²) in [5.41, 5.74) is 3.53. The topological polar surface area (TPSA) is 79.3 Å². The first-order chi connectivity index (χ1) is 15.1. The van der Waals surface area contributed by atoms with E-state index < -0.39 is 5.91 Å². The number of anilines is 1. The second-order valence-corrected chi connectivity index (χ2v) is 7.92. The number of fused-ring (bicyclic) bond motifs is 1. The number of carbonyl (C=O) groups excluding carboxylic acids is 2. The molecule has 156 valence electrons. The molecule has 7 nitrogen and oxygen atoms in total. The summed E-state index contributed by atoms with van der Waals surface area (Å²) >= 11 is 0. The summed E-state index contributed by atoms with van der Waals surface area (Å²) in [5.74, 6) is -0.178. The van der Waals surface area contributed by atoms with Crippen LogP contribution in [0.3, 0.4) is 0 Å². The van der Waals surface area contributed by atoms with Gasteiger partial charge in [-0.15, -0.1) is 0 Å². The quantitative estimate of drug-likeness (QED) is 0.507. The van der Waals surface area contributed by atoms with E-state index in [1.165, 1.54) is 12.0 Å². The number of amides is 2. The Morgan fingerprint density at radius 1 is 1.10 bits per heavy atom. The van der Waals surface area contributed by atoms with Crippen molar-refractivity contribution in [3.63, 3.8) is 0 Å². The number of nitrogens with zero attached hydrogens (tertiary/aromatic N) is 3. The van der Waals surface area contributed by atoms with Crippen LogP contribution in [-0.4, -0.2) is 39.9 Å². The van der Waals surface area contributed by atoms with E-state index >= 15 is 0 Å². The molecule has 0 radical (unpaired) electrons. The first-order valence-corrected chi connectivity index (χ1v) is 10.4. The Hall–Kier alpha value is -3.71. The Bertz CT molecular complexity index is 1170. The second-order valence-electron chi connectivity index (χ2n) is 7.92. The molecule has 1 fully saturated rings. The highest BCUT2D eigenvalue weighted by molar-refractivity contribution is 6.31. The largest absolute Gasteiger partial charge is 0.346 e. The van der Waals surface area contributed by atoms with Gasteiger partial charge in [0.2, 0.25) is 0 Å². The number of likely N-dealkylation sites (tertiary alicyclic amines) is 1. The first kappa shape index (κ1) is 19.3. The molecule has 2 aromatic heterocycles. The van der Waals surface area contributed by atoms with Crippen LogP contribution in [0.25, 0.3) is 11.3 Å². The second kappa shape index (κ2) is 7.85. The van der Waals surface area contributed by atoms with Gasteiger partial charge in [0.05, 0.1) is 5.57 Å². The molecule has 1 unspecified atom stereocenters. The number of nitrogens with one attached hydrogen (secondary N) is 2. The van der Waals surface area contributed by atoms with Gasteiger partial charge in [0.1, 0.15) is 5.82 Å². The Labute approximate surface area is 180 Å². The summed E-state index contributed by atoms with van der Waals surface area (Å²) in [6, 6.07) is 13.7. The fourth-order valence-electron chi connectivity index (χ4n) is 4.29. The van der Waals surface area contributed by atoms with Crippen LogP contribution in [-0.2, 0) is 4.79 Å². The molecule has 2 N–H and O–H groups in total. The van der Waals surface area contributed by atoms with E-state index in [-0.39, 0.29) is 5.91 Å². The maximum Gasteiger partial charge on any atom is 0.260 e. The molecule has 0 bridgehead atoms. The summed E-state index contributed by atoms with van der Waals surface area (Å²) in [5, 5.41) is 5.53. The highest BCUT2D eigenvalue weighted by Crippen LogP contribution is 2.30. The number of benzene rings is 1. The van der Waals surface area contributed by atoms with E-state index in [0.29, 0.717) is 28.6 Å². The number of pyridine rings is 1. The third kappa shape index (κ3) is 3.64. The molecular formula is C24H23N5O2. The van der Waals surface area contributed by atoms with E-state index in [4.69, 9.17) is 0 Å². The number of hydrogen-bond acceptors (Lipinski definition) is 5. The van der Waals surface area contributed by atoms with Gasteiger partial charge >= 0.3 is 0 Å². The normalized spacial score (nSPS) is 20.0. The van der Waals surface area contributed by atoms with Crippen LogP contribution in [0, 0.1) is 0 Å². The van der Waals surface area contributed by atoms with E-state index in [0.717, 1.165) is 18.7 Å². The molecule has 2 amide bonds. The van der Waals surface area contributed by atoms with Crippen LogP contribution < -0.4 is 10.6 Å². The molecule has 2 aliphatic rings. The number of aromatic nitrogens is 2. The summed E-state index contributed by atoms with van der Waals surface area (Å²) in [4.78, 5) is 31.7. The zero-order valence-corrected chi connectivity index (χ0v) is 17.2. The third-order valence-corrected chi connectivity index (χ3v) is 5.97. The molecular weight excluding hydrogens is 390 g/mol. The van der Waals surface area contributed by atoms with Crippen molar-refractivity contribution in [2.24, 2.45) is 0 Å². The van der Waals surface area contributed by atoms with Crippen LogP contribution in [0.2, 0.25) is 0 Å². The number of rotatable bonds is 4. The lowest BCUT2D eigenvalue weighted by Gasteiger charge is -2.20. The van der Waals surface area contributed by atoms with E-state index in [1.54, 1.807) is 12.3 Å². The van der Waals surface area contributed by atoms with Crippen molar-refractivity contribution in [3.8, 4) is 5.69 Å². The fourth-order valence-corrected chi connectivity index (χ4v) is 4.29. The van der Waals surface area contributed by atoms with Gasteiger partial charge in [-0.3, -0.25) is 19.8 Å². The lowest BCUT2D eigenvalue weighted by molar-refractivity contribution is -0.114. The third-order valence-electron chi connectivity index (χ3n) is 5.97. The van der Waals surface area contributed by atoms with Crippen molar-refractivity contribution in [1.82, 2.24) is 19.8 Å². The van der Waals surface area contributed by atoms with Crippen molar-refractivity contribution >= 4 is 23.2 Å².